The minimum atomic E-state index is 0.290. The van der Waals surface area contributed by atoms with E-state index in [1.165, 1.54) is 58.3 Å². The third-order valence-electron chi connectivity index (χ3n) is 7.15. The van der Waals surface area contributed by atoms with Crippen LogP contribution in [0.2, 0.25) is 0 Å². The standard InChI is InChI=1S/C40H56/c1-32(2)18-13-21-35(5)24-15-26-36(6)25-14-22-33(3)19-11-12-20-34(4)23-16-27-37(7)29-30-39-38(8)28-17-31-40(39,9)10/h11-12,14-16,18-20,22-27,29-30H,13,17,21,28,31H2,1-10H3/b12-11+,22-14+,23-16+,26-15+,30-29+,33-19-,34-20+,35-24+,36-25+,37-27+. The van der Waals surface area contributed by atoms with Crippen molar-refractivity contribution in [1.82, 2.24) is 0 Å². The lowest BCUT2D eigenvalue weighted by Gasteiger charge is -2.32. The fraction of sp³-hybridized carbons (Fsp3) is 0.400. The zero-order valence-electron chi connectivity index (χ0n) is 27.3. The molecule has 0 amide bonds. The summed E-state index contributed by atoms with van der Waals surface area (Å²) < 4.78 is 0. The van der Waals surface area contributed by atoms with E-state index in [2.05, 4.69) is 166 Å². The fourth-order valence-electron chi connectivity index (χ4n) is 4.60. The highest BCUT2D eigenvalue weighted by molar-refractivity contribution is 5.37. The summed E-state index contributed by atoms with van der Waals surface area (Å²) in [6.45, 7) is 22.1. The van der Waals surface area contributed by atoms with Gasteiger partial charge in [0.05, 0.1) is 0 Å². The lowest BCUT2D eigenvalue weighted by atomic mass is 9.72. The number of hydrogen-bond acceptors (Lipinski definition) is 0. The van der Waals surface area contributed by atoms with E-state index in [1.807, 2.05) is 0 Å². The zero-order chi connectivity index (χ0) is 30.0. The van der Waals surface area contributed by atoms with Crippen molar-refractivity contribution in [3.8, 4) is 0 Å². The molecule has 0 radical (unpaired) electrons. The van der Waals surface area contributed by atoms with Gasteiger partial charge in [0.1, 0.15) is 0 Å². The Hall–Kier alpha value is -3.12. The van der Waals surface area contributed by atoms with Crippen molar-refractivity contribution in [3.05, 3.63) is 142 Å². The van der Waals surface area contributed by atoms with Gasteiger partial charge in [-0.3, -0.25) is 0 Å². The Balaban J connectivity index is 2.58. The van der Waals surface area contributed by atoms with Gasteiger partial charge in [0.15, 0.2) is 0 Å². The van der Waals surface area contributed by atoms with Crippen LogP contribution in [0.15, 0.2) is 142 Å². The van der Waals surface area contributed by atoms with Gasteiger partial charge in [0.2, 0.25) is 0 Å². The van der Waals surface area contributed by atoms with Gasteiger partial charge in [-0.15, -0.1) is 0 Å². The summed E-state index contributed by atoms with van der Waals surface area (Å²) in [4.78, 5) is 0. The summed E-state index contributed by atoms with van der Waals surface area (Å²) in [5.74, 6) is 0. The first-order chi connectivity index (χ1) is 18.9. The monoisotopic (exact) mass is 536 g/mol. The van der Waals surface area contributed by atoms with Crippen LogP contribution in [-0.4, -0.2) is 0 Å². The van der Waals surface area contributed by atoms with Gasteiger partial charge in [0, 0.05) is 0 Å². The average molecular weight is 537 g/mol. The van der Waals surface area contributed by atoms with Crippen molar-refractivity contribution in [3.63, 3.8) is 0 Å². The van der Waals surface area contributed by atoms with E-state index in [9.17, 15) is 0 Å². The molecule has 0 aromatic heterocycles. The van der Waals surface area contributed by atoms with Crippen LogP contribution in [0.1, 0.15) is 101 Å². The second-order valence-corrected chi connectivity index (χ2v) is 12.2. The number of allylic oxidation sites excluding steroid dienone is 24. The topological polar surface area (TPSA) is 0 Å². The maximum absolute atomic E-state index is 2.37. The first-order valence-electron chi connectivity index (χ1n) is 15.0. The van der Waals surface area contributed by atoms with Crippen LogP contribution in [-0.2, 0) is 0 Å². The molecule has 0 bridgehead atoms. The molecule has 0 aromatic rings. The zero-order valence-corrected chi connectivity index (χ0v) is 27.3. The van der Waals surface area contributed by atoms with Crippen molar-refractivity contribution in [2.45, 2.75) is 101 Å². The van der Waals surface area contributed by atoms with E-state index < -0.39 is 0 Å². The van der Waals surface area contributed by atoms with Crippen LogP contribution < -0.4 is 0 Å². The SMILES string of the molecule is CC(C)=CCC/C(C)=C/C=C/C(C)=C/C=C/C(C)=C\C=C\C=C(C)\C=C\C=C(C)\C=C\C1=C(C)CCCC1(C)C. The molecule has 1 aliphatic carbocycles. The van der Waals surface area contributed by atoms with Gasteiger partial charge in [-0.25, -0.2) is 0 Å². The third kappa shape index (κ3) is 16.1. The normalized spacial score (nSPS) is 18.5. The highest BCUT2D eigenvalue weighted by atomic mass is 14.3. The summed E-state index contributed by atoms with van der Waals surface area (Å²) in [6.07, 6.45) is 40.9. The van der Waals surface area contributed by atoms with E-state index in [1.54, 1.807) is 5.57 Å². The second kappa shape index (κ2) is 19.0. The van der Waals surface area contributed by atoms with Gasteiger partial charge >= 0.3 is 0 Å². The molecule has 0 spiro atoms. The summed E-state index contributed by atoms with van der Waals surface area (Å²) in [7, 11) is 0. The third-order valence-corrected chi connectivity index (χ3v) is 7.15. The molecule has 0 aromatic carbocycles. The molecule has 1 rings (SSSR count). The van der Waals surface area contributed by atoms with Crippen molar-refractivity contribution < 1.29 is 0 Å². The summed E-state index contributed by atoms with van der Waals surface area (Å²) in [6, 6.07) is 0. The van der Waals surface area contributed by atoms with E-state index in [-0.39, 0.29) is 5.41 Å². The first-order valence-corrected chi connectivity index (χ1v) is 15.0. The molecule has 0 aliphatic heterocycles. The second-order valence-electron chi connectivity index (χ2n) is 12.2. The van der Waals surface area contributed by atoms with Gasteiger partial charge < -0.3 is 0 Å². The largest absolute Gasteiger partial charge is 0.0856 e. The molecule has 0 atom stereocenters. The molecular weight excluding hydrogens is 480 g/mol. The van der Waals surface area contributed by atoms with E-state index in [0.717, 1.165) is 12.8 Å². The molecule has 0 heterocycles. The highest BCUT2D eigenvalue weighted by Crippen LogP contribution is 2.40. The van der Waals surface area contributed by atoms with Crippen LogP contribution >= 0.6 is 0 Å². The maximum Gasteiger partial charge on any atom is -0.0104 e. The lowest BCUT2D eigenvalue weighted by molar-refractivity contribution is 0.377. The molecule has 0 saturated heterocycles. The van der Waals surface area contributed by atoms with Crippen LogP contribution in [0.5, 0.6) is 0 Å². The predicted octanol–water partition coefficient (Wildman–Crippen LogP) is 12.8. The quantitative estimate of drug-likeness (QED) is 0.162. The molecule has 0 heteroatoms. The lowest BCUT2D eigenvalue weighted by Crippen LogP contribution is -2.19. The van der Waals surface area contributed by atoms with Crippen molar-refractivity contribution in [2.75, 3.05) is 0 Å². The molecule has 0 N–H and O–H groups in total. The van der Waals surface area contributed by atoms with Crippen LogP contribution in [0.3, 0.4) is 0 Å². The molecule has 40 heavy (non-hydrogen) atoms. The molecule has 1 aliphatic rings. The Bertz CT molecular complexity index is 1180. The summed E-state index contributed by atoms with van der Waals surface area (Å²) in [5.41, 5.74) is 11.1. The van der Waals surface area contributed by atoms with Crippen molar-refractivity contribution >= 4 is 0 Å². The van der Waals surface area contributed by atoms with E-state index in [4.69, 9.17) is 0 Å². The van der Waals surface area contributed by atoms with Gasteiger partial charge in [0.25, 0.3) is 0 Å². The molecule has 0 saturated carbocycles. The summed E-state index contributed by atoms with van der Waals surface area (Å²) >= 11 is 0. The molecule has 0 fully saturated rings. The first kappa shape index (κ1) is 34.9. The molecule has 216 valence electrons. The molecule has 0 unspecified atom stereocenters. The minimum absolute atomic E-state index is 0.290. The Morgan fingerprint density at radius 1 is 0.650 bits per heavy atom. The summed E-state index contributed by atoms with van der Waals surface area (Å²) in [5, 5.41) is 0. The van der Waals surface area contributed by atoms with Crippen molar-refractivity contribution in [2.24, 2.45) is 5.41 Å². The highest BCUT2D eigenvalue weighted by Gasteiger charge is 2.26. The van der Waals surface area contributed by atoms with Gasteiger partial charge in [-0.05, 0) is 98.5 Å². The predicted molar refractivity (Wildman–Crippen MR) is 183 cm³/mol. The smallest absolute Gasteiger partial charge is 0.0104 e. The number of rotatable bonds is 13. The van der Waals surface area contributed by atoms with Crippen molar-refractivity contribution in [1.29, 1.82) is 0 Å². The number of hydrogen-bond donors (Lipinski definition) is 0. The Morgan fingerprint density at radius 3 is 1.62 bits per heavy atom. The Morgan fingerprint density at radius 2 is 1.12 bits per heavy atom. The van der Waals surface area contributed by atoms with Crippen LogP contribution in [0.4, 0.5) is 0 Å². The maximum atomic E-state index is 2.37. The fourth-order valence-corrected chi connectivity index (χ4v) is 4.60. The van der Waals surface area contributed by atoms with Gasteiger partial charge in [-0.2, -0.15) is 0 Å². The van der Waals surface area contributed by atoms with E-state index >= 15 is 0 Å². The van der Waals surface area contributed by atoms with Crippen LogP contribution in [0.25, 0.3) is 0 Å². The Labute approximate surface area is 248 Å². The molecular formula is C40H56. The van der Waals surface area contributed by atoms with E-state index in [0.29, 0.717) is 0 Å². The van der Waals surface area contributed by atoms with Gasteiger partial charge in [-0.1, -0.05) is 150 Å². The van der Waals surface area contributed by atoms with Crippen LogP contribution in [0, 0.1) is 5.41 Å². The molecule has 0 nitrogen and oxygen atoms in total. The average Bonchev–Trinajstić information content (AvgIpc) is 2.85. The minimum Gasteiger partial charge on any atom is -0.0856 e. The Kier molecular flexibility index (Phi) is 16.6.